The van der Waals surface area contributed by atoms with Gasteiger partial charge in [0.25, 0.3) is 0 Å². The lowest BCUT2D eigenvalue weighted by Gasteiger charge is -2.13. The number of pyridine rings is 1. The normalized spacial score (nSPS) is 17.3. The number of aromatic nitrogens is 1. The molecule has 0 radical (unpaired) electrons. The molecule has 0 saturated carbocycles. The zero-order valence-electron chi connectivity index (χ0n) is 8.34. The van der Waals surface area contributed by atoms with Crippen molar-refractivity contribution in [2.45, 2.75) is 45.4 Å². The highest BCUT2D eigenvalue weighted by Crippen LogP contribution is 2.19. The van der Waals surface area contributed by atoms with Gasteiger partial charge in [0, 0.05) is 11.9 Å². The van der Waals surface area contributed by atoms with Gasteiger partial charge in [-0.05, 0) is 49.8 Å². The van der Waals surface area contributed by atoms with E-state index in [1.807, 2.05) is 0 Å². The molecule has 13 heavy (non-hydrogen) atoms. The summed E-state index contributed by atoms with van der Waals surface area (Å²) in [6, 6.07) is 2.26. The van der Waals surface area contributed by atoms with Crippen LogP contribution in [0.3, 0.4) is 0 Å². The van der Waals surface area contributed by atoms with Crippen molar-refractivity contribution in [2.75, 3.05) is 0 Å². The van der Waals surface area contributed by atoms with Gasteiger partial charge in [0.15, 0.2) is 0 Å². The Morgan fingerprint density at radius 2 is 1.69 bits per heavy atom. The van der Waals surface area contributed by atoms with Crippen molar-refractivity contribution in [3.8, 4) is 0 Å². The zero-order chi connectivity index (χ0) is 9.10. The first-order chi connectivity index (χ1) is 6.36. The summed E-state index contributed by atoms with van der Waals surface area (Å²) in [7, 11) is 0. The summed E-state index contributed by atoms with van der Waals surface area (Å²) >= 11 is 0. The fourth-order valence-electron chi connectivity index (χ4n) is 2.09. The lowest BCUT2D eigenvalue weighted by atomic mass is 9.94. The van der Waals surface area contributed by atoms with Crippen LogP contribution in [-0.2, 0) is 12.8 Å². The van der Waals surface area contributed by atoms with Gasteiger partial charge >= 0.3 is 0 Å². The van der Waals surface area contributed by atoms with Crippen molar-refractivity contribution in [2.24, 2.45) is 0 Å². The third-order valence-corrected chi connectivity index (χ3v) is 2.86. The van der Waals surface area contributed by atoms with Crippen molar-refractivity contribution in [1.29, 1.82) is 0 Å². The van der Waals surface area contributed by atoms with Crippen molar-refractivity contribution >= 4 is 0 Å². The lowest BCUT2D eigenvalue weighted by molar-refractivity contribution is 0.615. The van der Waals surface area contributed by atoms with Crippen LogP contribution in [0.4, 0.5) is 0 Å². The van der Waals surface area contributed by atoms with Crippen molar-refractivity contribution in [3.05, 3.63) is 29.1 Å². The molecule has 2 rings (SSSR count). The summed E-state index contributed by atoms with van der Waals surface area (Å²) in [4.78, 5) is 4.36. The molecule has 0 aliphatic heterocycles. The van der Waals surface area contributed by atoms with E-state index in [2.05, 4.69) is 24.2 Å². The van der Waals surface area contributed by atoms with Crippen molar-refractivity contribution < 1.29 is 0 Å². The SMILES string of the molecule is Cc1cc2c(cn1)CCCCCC2. The van der Waals surface area contributed by atoms with Crippen LogP contribution in [0.5, 0.6) is 0 Å². The van der Waals surface area contributed by atoms with E-state index in [1.165, 1.54) is 49.8 Å². The molecule has 0 bridgehead atoms. The monoisotopic (exact) mass is 175 g/mol. The summed E-state index contributed by atoms with van der Waals surface area (Å²) in [5.41, 5.74) is 4.21. The Hall–Kier alpha value is -0.850. The molecule has 0 aromatic carbocycles. The Morgan fingerprint density at radius 3 is 2.46 bits per heavy atom. The van der Waals surface area contributed by atoms with E-state index in [1.54, 1.807) is 5.56 Å². The molecule has 0 spiro atoms. The molecule has 1 heterocycles. The maximum Gasteiger partial charge on any atom is 0.0375 e. The molecule has 1 aliphatic rings. The topological polar surface area (TPSA) is 12.9 Å². The highest BCUT2D eigenvalue weighted by Gasteiger charge is 2.06. The zero-order valence-corrected chi connectivity index (χ0v) is 8.34. The van der Waals surface area contributed by atoms with Crippen LogP contribution in [0.25, 0.3) is 0 Å². The first kappa shape index (κ1) is 8.74. The van der Waals surface area contributed by atoms with Crippen LogP contribution in [-0.4, -0.2) is 4.98 Å². The first-order valence-electron chi connectivity index (χ1n) is 5.30. The minimum atomic E-state index is 1.17. The molecular formula is C12H17N. The van der Waals surface area contributed by atoms with Crippen LogP contribution >= 0.6 is 0 Å². The maximum absolute atomic E-state index is 4.36. The van der Waals surface area contributed by atoms with Crippen molar-refractivity contribution in [1.82, 2.24) is 4.98 Å². The molecule has 0 N–H and O–H groups in total. The summed E-state index contributed by atoms with van der Waals surface area (Å²) in [5, 5.41) is 0. The molecule has 0 fully saturated rings. The highest BCUT2D eigenvalue weighted by atomic mass is 14.7. The van der Waals surface area contributed by atoms with Gasteiger partial charge in [-0.15, -0.1) is 0 Å². The van der Waals surface area contributed by atoms with E-state index in [0.717, 1.165) is 0 Å². The van der Waals surface area contributed by atoms with E-state index >= 15 is 0 Å². The molecule has 1 aromatic heterocycles. The number of hydrogen-bond acceptors (Lipinski definition) is 1. The van der Waals surface area contributed by atoms with E-state index in [4.69, 9.17) is 0 Å². The van der Waals surface area contributed by atoms with Crippen LogP contribution < -0.4 is 0 Å². The first-order valence-corrected chi connectivity index (χ1v) is 5.30. The molecule has 0 saturated heterocycles. The summed E-state index contributed by atoms with van der Waals surface area (Å²) in [5.74, 6) is 0. The standard InChI is InChI=1S/C12H17N/c1-10-8-11-6-4-2-3-5-7-12(11)9-13-10/h8-9H,2-7H2,1H3. The van der Waals surface area contributed by atoms with Gasteiger partial charge in [0.05, 0.1) is 0 Å². The van der Waals surface area contributed by atoms with Crippen LogP contribution in [0, 0.1) is 6.92 Å². The minimum Gasteiger partial charge on any atom is -0.261 e. The molecule has 70 valence electrons. The van der Waals surface area contributed by atoms with Gasteiger partial charge in [-0.25, -0.2) is 0 Å². The van der Waals surface area contributed by atoms with E-state index in [0.29, 0.717) is 0 Å². The molecule has 0 unspecified atom stereocenters. The van der Waals surface area contributed by atoms with E-state index in [9.17, 15) is 0 Å². The number of fused-ring (bicyclic) bond motifs is 1. The Balaban J connectivity index is 2.28. The van der Waals surface area contributed by atoms with Gasteiger partial charge in [0.1, 0.15) is 0 Å². The Kier molecular flexibility index (Phi) is 2.62. The Bertz CT molecular complexity index is 291. The largest absolute Gasteiger partial charge is 0.261 e. The average molecular weight is 175 g/mol. The smallest absolute Gasteiger partial charge is 0.0375 e. The van der Waals surface area contributed by atoms with Gasteiger partial charge in [0.2, 0.25) is 0 Å². The van der Waals surface area contributed by atoms with E-state index < -0.39 is 0 Å². The highest BCUT2D eigenvalue weighted by molar-refractivity contribution is 5.27. The van der Waals surface area contributed by atoms with Crippen LogP contribution in [0.2, 0.25) is 0 Å². The second kappa shape index (κ2) is 3.91. The quantitative estimate of drug-likeness (QED) is 0.590. The third-order valence-electron chi connectivity index (χ3n) is 2.86. The Morgan fingerprint density at radius 1 is 1.00 bits per heavy atom. The fraction of sp³-hybridized carbons (Fsp3) is 0.583. The Labute approximate surface area is 80.2 Å². The number of rotatable bonds is 0. The predicted octanol–water partition coefficient (Wildman–Crippen LogP) is 3.05. The molecule has 1 aliphatic carbocycles. The fourth-order valence-corrected chi connectivity index (χ4v) is 2.09. The predicted molar refractivity (Wildman–Crippen MR) is 54.9 cm³/mol. The van der Waals surface area contributed by atoms with Crippen LogP contribution in [0.15, 0.2) is 12.3 Å². The molecular weight excluding hydrogens is 158 g/mol. The molecule has 0 atom stereocenters. The van der Waals surface area contributed by atoms with Gasteiger partial charge in [-0.1, -0.05) is 12.8 Å². The maximum atomic E-state index is 4.36. The van der Waals surface area contributed by atoms with Crippen LogP contribution in [0.1, 0.15) is 42.5 Å². The second-order valence-electron chi connectivity index (χ2n) is 4.01. The second-order valence-corrected chi connectivity index (χ2v) is 4.01. The van der Waals surface area contributed by atoms with Gasteiger partial charge in [-0.2, -0.15) is 0 Å². The average Bonchev–Trinajstić information content (AvgIpc) is 2.08. The molecule has 1 heteroatoms. The lowest BCUT2D eigenvalue weighted by Crippen LogP contribution is -2.01. The number of nitrogens with zero attached hydrogens (tertiary/aromatic N) is 1. The number of hydrogen-bond donors (Lipinski definition) is 0. The molecule has 1 nitrogen and oxygen atoms in total. The third kappa shape index (κ3) is 2.09. The summed E-state index contributed by atoms with van der Waals surface area (Å²) in [6.07, 6.45) is 10.1. The van der Waals surface area contributed by atoms with Gasteiger partial charge in [-0.3, -0.25) is 4.98 Å². The van der Waals surface area contributed by atoms with E-state index in [-0.39, 0.29) is 0 Å². The summed E-state index contributed by atoms with van der Waals surface area (Å²) < 4.78 is 0. The van der Waals surface area contributed by atoms with Crippen molar-refractivity contribution in [3.63, 3.8) is 0 Å². The minimum absolute atomic E-state index is 1.17. The summed E-state index contributed by atoms with van der Waals surface area (Å²) in [6.45, 7) is 2.08. The van der Waals surface area contributed by atoms with Gasteiger partial charge < -0.3 is 0 Å². The molecule has 0 amide bonds. The number of aryl methyl sites for hydroxylation is 3. The molecule has 1 aromatic rings.